The molecule has 0 aromatic heterocycles. The zero-order valence-corrected chi connectivity index (χ0v) is 8.23. The third kappa shape index (κ3) is 1.28. The highest BCUT2D eigenvalue weighted by molar-refractivity contribution is 6.03. The van der Waals surface area contributed by atoms with Gasteiger partial charge in [-0.3, -0.25) is 4.79 Å². The lowest BCUT2D eigenvalue weighted by Crippen LogP contribution is -2.05. The summed E-state index contributed by atoms with van der Waals surface area (Å²) in [6, 6.07) is 12.4. The second-order valence-electron chi connectivity index (χ2n) is 3.83. The summed E-state index contributed by atoms with van der Waals surface area (Å²) in [7, 11) is 0. The molecule has 0 heterocycles. The molecule has 0 N–H and O–H groups in total. The number of rotatable bonds is 0. The van der Waals surface area contributed by atoms with E-state index in [9.17, 15) is 4.79 Å². The number of ketones is 1. The van der Waals surface area contributed by atoms with E-state index in [4.69, 9.17) is 0 Å². The van der Waals surface area contributed by atoms with Gasteiger partial charge >= 0.3 is 0 Å². The van der Waals surface area contributed by atoms with Gasteiger partial charge in [-0.05, 0) is 28.0 Å². The summed E-state index contributed by atoms with van der Waals surface area (Å²) in [4.78, 5) is 11.4. The number of allylic oxidation sites excluding steroid dienone is 1. The summed E-state index contributed by atoms with van der Waals surface area (Å²) in [5, 5.41) is 2.41. The van der Waals surface area contributed by atoms with Gasteiger partial charge < -0.3 is 0 Å². The Morgan fingerprint density at radius 1 is 0.933 bits per heavy atom. The summed E-state index contributed by atoms with van der Waals surface area (Å²) in [5.74, 6) is 0.193. The maximum Gasteiger partial charge on any atom is 0.160 e. The Hall–Kier alpha value is -1.89. The van der Waals surface area contributed by atoms with Crippen LogP contribution in [0.4, 0.5) is 0 Å². The Bertz CT molecular complexity index is 579. The first-order valence-electron chi connectivity index (χ1n) is 5.06. The molecular formula is C14H10O. The lowest BCUT2D eigenvalue weighted by atomic mass is 9.91. The standard InChI is InChI=1S/C14H10O/c15-12-8-7-11-6-5-10-3-1-2-4-13(10)14(11)9-12/h1-8H,9H2. The smallest absolute Gasteiger partial charge is 0.160 e. The third-order valence-electron chi connectivity index (χ3n) is 2.88. The van der Waals surface area contributed by atoms with Gasteiger partial charge in [0, 0.05) is 6.42 Å². The van der Waals surface area contributed by atoms with Crippen LogP contribution in [0.2, 0.25) is 0 Å². The van der Waals surface area contributed by atoms with Crippen LogP contribution in [-0.4, -0.2) is 5.78 Å². The van der Waals surface area contributed by atoms with Crippen LogP contribution in [-0.2, 0) is 11.2 Å². The van der Waals surface area contributed by atoms with Gasteiger partial charge in [0.25, 0.3) is 0 Å². The van der Waals surface area contributed by atoms with Crippen molar-refractivity contribution in [2.45, 2.75) is 6.42 Å². The van der Waals surface area contributed by atoms with E-state index in [-0.39, 0.29) is 5.78 Å². The van der Waals surface area contributed by atoms with Gasteiger partial charge in [0.15, 0.2) is 5.78 Å². The van der Waals surface area contributed by atoms with E-state index >= 15 is 0 Å². The van der Waals surface area contributed by atoms with Crippen molar-refractivity contribution in [3.8, 4) is 0 Å². The molecule has 1 nitrogen and oxygen atoms in total. The fourth-order valence-electron chi connectivity index (χ4n) is 2.12. The molecule has 0 saturated heterocycles. The van der Waals surface area contributed by atoms with E-state index in [1.54, 1.807) is 6.08 Å². The third-order valence-corrected chi connectivity index (χ3v) is 2.88. The molecule has 0 unspecified atom stereocenters. The van der Waals surface area contributed by atoms with E-state index in [1.807, 2.05) is 18.2 Å². The van der Waals surface area contributed by atoms with Crippen molar-refractivity contribution in [3.05, 3.63) is 53.6 Å². The van der Waals surface area contributed by atoms with Crippen molar-refractivity contribution in [3.63, 3.8) is 0 Å². The van der Waals surface area contributed by atoms with Crippen molar-refractivity contribution in [2.75, 3.05) is 0 Å². The van der Waals surface area contributed by atoms with Crippen LogP contribution in [0.15, 0.2) is 42.5 Å². The number of carbonyl (C=O) groups is 1. The quantitative estimate of drug-likeness (QED) is 0.630. The summed E-state index contributed by atoms with van der Waals surface area (Å²) in [6.07, 6.45) is 4.11. The molecule has 72 valence electrons. The topological polar surface area (TPSA) is 17.1 Å². The predicted molar refractivity (Wildman–Crippen MR) is 61.7 cm³/mol. The van der Waals surface area contributed by atoms with Crippen LogP contribution in [0.3, 0.4) is 0 Å². The van der Waals surface area contributed by atoms with Gasteiger partial charge in [0.1, 0.15) is 0 Å². The van der Waals surface area contributed by atoms with Gasteiger partial charge in [-0.25, -0.2) is 0 Å². The number of hydrogen-bond donors (Lipinski definition) is 0. The van der Waals surface area contributed by atoms with E-state index in [0.717, 1.165) is 0 Å². The number of hydrogen-bond acceptors (Lipinski definition) is 1. The average Bonchev–Trinajstić information content (AvgIpc) is 2.29. The van der Waals surface area contributed by atoms with Gasteiger partial charge in [-0.2, -0.15) is 0 Å². The minimum atomic E-state index is 0.193. The fourth-order valence-corrected chi connectivity index (χ4v) is 2.12. The molecule has 0 radical (unpaired) electrons. The van der Waals surface area contributed by atoms with E-state index in [2.05, 4.69) is 24.3 Å². The van der Waals surface area contributed by atoms with Crippen molar-refractivity contribution >= 4 is 22.6 Å². The number of benzene rings is 2. The van der Waals surface area contributed by atoms with Gasteiger partial charge in [0.05, 0.1) is 0 Å². The maximum absolute atomic E-state index is 11.4. The minimum Gasteiger partial charge on any atom is -0.294 e. The summed E-state index contributed by atoms with van der Waals surface area (Å²) >= 11 is 0. The molecule has 1 aliphatic rings. The fraction of sp³-hybridized carbons (Fsp3) is 0.0714. The summed E-state index contributed by atoms with van der Waals surface area (Å²) in [5.41, 5.74) is 2.34. The molecule has 0 amide bonds. The van der Waals surface area contributed by atoms with E-state index in [1.165, 1.54) is 21.9 Å². The van der Waals surface area contributed by atoms with Gasteiger partial charge in [-0.1, -0.05) is 42.5 Å². The molecule has 15 heavy (non-hydrogen) atoms. The first-order chi connectivity index (χ1) is 7.34. The molecule has 1 heteroatoms. The molecule has 0 atom stereocenters. The molecular weight excluding hydrogens is 184 g/mol. The summed E-state index contributed by atoms with van der Waals surface area (Å²) < 4.78 is 0. The molecule has 1 aliphatic carbocycles. The normalized spacial score (nSPS) is 14.3. The van der Waals surface area contributed by atoms with E-state index in [0.29, 0.717) is 6.42 Å². The van der Waals surface area contributed by atoms with Crippen molar-refractivity contribution < 1.29 is 4.79 Å². The Morgan fingerprint density at radius 3 is 2.73 bits per heavy atom. The first kappa shape index (κ1) is 8.42. The lowest BCUT2D eigenvalue weighted by molar-refractivity contribution is -0.114. The van der Waals surface area contributed by atoms with Crippen LogP contribution in [0.1, 0.15) is 11.1 Å². The molecule has 0 spiro atoms. The highest BCUT2D eigenvalue weighted by Crippen LogP contribution is 2.26. The Balaban J connectivity index is 2.38. The predicted octanol–water partition coefficient (Wildman–Crippen LogP) is 2.98. The molecule has 0 bridgehead atoms. The average molecular weight is 194 g/mol. The molecule has 3 rings (SSSR count). The number of carbonyl (C=O) groups excluding carboxylic acids is 1. The Kier molecular flexibility index (Phi) is 1.72. The second-order valence-corrected chi connectivity index (χ2v) is 3.83. The molecule has 2 aromatic carbocycles. The second kappa shape index (κ2) is 3.06. The van der Waals surface area contributed by atoms with Crippen molar-refractivity contribution in [2.24, 2.45) is 0 Å². The van der Waals surface area contributed by atoms with Crippen LogP contribution in [0.25, 0.3) is 16.8 Å². The minimum absolute atomic E-state index is 0.193. The van der Waals surface area contributed by atoms with Crippen molar-refractivity contribution in [1.82, 2.24) is 0 Å². The number of fused-ring (bicyclic) bond motifs is 3. The van der Waals surface area contributed by atoms with E-state index < -0.39 is 0 Å². The zero-order chi connectivity index (χ0) is 10.3. The molecule has 0 fully saturated rings. The monoisotopic (exact) mass is 194 g/mol. The maximum atomic E-state index is 11.4. The van der Waals surface area contributed by atoms with Crippen LogP contribution >= 0.6 is 0 Å². The molecule has 2 aromatic rings. The summed E-state index contributed by atoms with van der Waals surface area (Å²) in [6.45, 7) is 0. The highest BCUT2D eigenvalue weighted by atomic mass is 16.1. The first-order valence-corrected chi connectivity index (χ1v) is 5.06. The van der Waals surface area contributed by atoms with Crippen LogP contribution < -0.4 is 0 Å². The Labute approximate surface area is 88.0 Å². The zero-order valence-electron chi connectivity index (χ0n) is 8.23. The largest absolute Gasteiger partial charge is 0.294 e. The SMILES string of the molecule is O=C1C=Cc2ccc3ccccc3c2C1. The van der Waals surface area contributed by atoms with Crippen molar-refractivity contribution in [1.29, 1.82) is 0 Å². The van der Waals surface area contributed by atoms with Gasteiger partial charge in [-0.15, -0.1) is 0 Å². The lowest BCUT2D eigenvalue weighted by Gasteiger charge is -2.12. The van der Waals surface area contributed by atoms with Crippen LogP contribution in [0.5, 0.6) is 0 Å². The van der Waals surface area contributed by atoms with Crippen LogP contribution in [0, 0.1) is 0 Å². The van der Waals surface area contributed by atoms with Gasteiger partial charge in [0.2, 0.25) is 0 Å². The molecule has 0 aliphatic heterocycles. The molecule has 0 saturated carbocycles. The highest BCUT2D eigenvalue weighted by Gasteiger charge is 2.12. The Morgan fingerprint density at radius 2 is 1.80 bits per heavy atom.